The van der Waals surface area contributed by atoms with Crippen LogP contribution in [0.4, 0.5) is 5.00 Å². The van der Waals surface area contributed by atoms with Gasteiger partial charge in [0, 0.05) is 17.5 Å². The van der Waals surface area contributed by atoms with E-state index in [0.29, 0.717) is 4.88 Å². The first-order valence-electron chi connectivity index (χ1n) is 4.75. The van der Waals surface area contributed by atoms with Gasteiger partial charge in [-0.3, -0.25) is 19.8 Å². The average molecular weight is 260 g/mol. The first-order valence-corrected chi connectivity index (χ1v) is 5.57. The molecule has 17 heavy (non-hydrogen) atoms. The number of nitrogens with zero attached hydrogens (tertiary/aromatic N) is 2. The van der Waals surface area contributed by atoms with Gasteiger partial charge in [-0.1, -0.05) is 11.3 Å². The quantitative estimate of drug-likeness (QED) is 0.576. The van der Waals surface area contributed by atoms with E-state index in [1.165, 1.54) is 17.0 Å². The van der Waals surface area contributed by atoms with Crippen molar-refractivity contribution in [2.24, 2.45) is 0 Å². The minimum atomic E-state index is -1.10. The molecule has 0 aliphatic rings. The summed E-state index contributed by atoms with van der Waals surface area (Å²) in [5.74, 6) is -1.10. The number of carboxylic acids is 1. The molecule has 0 spiro atoms. The maximum Gasteiger partial charge on any atom is 0.326 e. The van der Waals surface area contributed by atoms with Crippen LogP contribution in [0.15, 0.2) is 12.1 Å². The molecule has 1 aromatic heterocycles. The molecule has 94 valence electrons. The predicted molar refractivity (Wildman–Crippen MR) is 61.1 cm³/mol. The van der Waals surface area contributed by atoms with Gasteiger partial charge in [-0.05, 0) is 13.1 Å². The number of hydrogen-bond donors (Lipinski definition) is 2. The molecule has 7 nitrogen and oxygen atoms in total. The van der Waals surface area contributed by atoms with E-state index in [2.05, 4.69) is 0 Å². The Balaban J connectivity index is 2.97. The standard InChI is InChI=1S/C9H12N2O5S/c1-10(4-5-12)8(9(13)14)6-2-3-7(17-6)11(15)16/h2-3,8,12H,4-5H2,1H3,(H,13,14). The van der Waals surface area contributed by atoms with Crippen LogP contribution < -0.4 is 0 Å². The van der Waals surface area contributed by atoms with Crippen LogP contribution in [0.1, 0.15) is 10.9 Å². The van der Waals surface area contributed by atoms with E-state index in [9.17, 15) is 14.9 Å². The minimum Gasteiger partial charge on any atom is -0.480 e. The zero-order valence-corrected chi connectivity index (χ0v) is 9.88. The lowest BCUT2D eigenvalue weighted by molar-refractivity contribution is -0.380. The summed E-state index contributed by atoms with van der Waals surface area (Å²) in [6.07, 6.45) is 0. The molecule has 0 saturated carbocycles. The normalized spacial score (nSPS) is 12.6. The van der Waals surface area contributed by atoms with Crippen molar-refractivity contribution in [2.45, 2.75) is 6.04 Å². The van der Waals surface area contributed by atoms with Gasteiger partial charge in [0.25, 0.3) is 0 Å². The number of rotatable bonds is 6. The van der Waals surface area contributed by atoms with Gasteiger partial charge in [-0.25, -0.2) is 0 Å². The highest BCUT2D eigenvalue weighted by Gasteiger charge is 2.27. The Morgan fingerprint density at radius 2 is 2.29 bits per heavy atom. The largest absolute Gasteiger partial charge is 0.480 e. The fourth-order valence-corrected chi connectivity index (χ4v) is 2.38. The summed E-state index contributed by atoms with van der Waals surface area (Å²) in [5.41, 5.74) is 0. The number of aliphatic hydroxyl groups excluding tert-OH is 1. The number of aliphatic carboxylic acids is 1. The molecule has 1 aromatic rings. The van der Waals surface area contributed by atoms with Crippen molar-refractivity contribution in [1.82, 2.24) is 4.90 Å². The number of carboxylic acid groups (broad SMARTS) is 1. The molecule has 0 aliphatic carbocycles. The molecule has 2 N–H and O–H groups in total. The monoisotopic (exact) mass is 260 g/mol. The van der Waals surface area contributed by atoms with Crippen molar-refractivity contribution >= 4 is 22.3 Å². The predicted octanol–water partition coefficient (Wildman–Crippen LogP) is 0.706. The summed E-state index contributed by atoms with van der Waals surface area (Å²) in [4.78, 5) is 22.9. The van der Waals surface area contributed by atoms with Gasteiger partial charge in [0.1, 0.15) is 6.04 Å². The molecule has 1 heterocycles. The van der Waals surface area contributed by atoms with E-state index >= 15 is 0 Å². The fourth-order valence-electron chi connectivity index (χ4n) is 1.40. The van der Waals surface area contributed by atoms with Gasteiger partial charge >= 0.3 is 11.0 Å². The highest BCUT2D eigenvalue weighted by Crippen LogP contribution is 2.31. The number of aliphatic hydroxyl groups is 1. The number of thiophene rings is 1. The molecule has 0 fully saturated rings. The summed E-state index contributed by atoms with van der Waals surface area (Å²) in [7, 11) is 1.54. The second kappa shape index (κ2) is 5.71. The van der Waals surface area contributed by atoms with E-state index in [0.717, 1.165) is 11.3 Å². The van der Waals surface area contributed by atoms with Gasteiger partial charge in [0.15, 0.2) is 0 Å². The lowest BCUT2D eigenvalue weighted by atomic mass is 10.2. The first kappa shape index (κ1) is 13.6. The summed E-state index contributed by atoms with van der Waals surface area (Å²) < 4.78 is 0. The molecular formula is C9H12N2O5S. The number of likely N-dealkylation sites (N-methyl/N-ethyl adjacent to an activating group) is 1. The Morgan fingerprint density at radius 1 is 1.65 bits per heavy atom. The number of carbonyl (C=O) groups is 1. The minimum absolute atomic E-state index is 0.0938. The molecule has 0 aromatic carbocycles. The molecule has 0 bridgehead atoms. The van der Waals surface area contributed by atoms with Crippen molar-refractivity contribution < 1.29 is 19.9 Å². The second-order valence-corrected chi connectivity index (χ2v) is 4.47. The van der Waals surface area contributed by atoms with Crippen LogP contribution in [0.25, 0.3) is 0 Å². The molecular weight excluding hydrogens is 248 g/mol. The number of nitro groups is 1. The third-order valence-electron chi connectivity index (χ3n) is 2.19. The Morgan fingerprint density at radius 3 is 2.71 bits per heavy atom. The molecule has 0 radical (unpaired) electrons. The first-order chi connectivity index (χ1) is 7.97. The third kappa shape index (κ3) is 3.22. The molecule has 0 saturated heterocycles. The van der Waals surface area contributed by atoms with Crippen molar-refractivity contribution in [1.29, 1.82) is 0 Å². The lowest BCUT2D eigenvalue weighted by Gasteiger charge is -2.22. The van der Waals surface area contributed by atoms with E-state index in [1.807, 2.05) is 0 Å². The maximum absolute atomic E-state index is 11.1. The third-order valence-corrected chi connectivity index (χ3v) is 3.28. The van der Waals surface area contributed by atoms with Gasteiger partial charge < -0.3 is 10.2 Å². The van der Waals surface area contributed by atoms with Crippen LogP contribution in [-0.2, 0) is 4.79 Å². The highest BCUT2D eigenvalue weighted by molar-refractivity contribution is 7.15. The summed E-state index contributed by atoms with van der Waals surface area (Å²) >= 11 is 0.828. The van der Waals surface area contributed by atoms with Crippen LogP contribution in [0, 0.1) is 10.1 Å². The molecule has 0 amide bonds. The van der Waals surface area contributed by atoms with Crippen LogP contribution in [0.2, 0.25) is 0 Å². The topological polar surface area (TPSA) is 104 Å². The van der Waals surface area contributed by atoms with E-state index in [-0.39, 0.29) is 18.2 Å². The molecule has 1 unspecified atom stereocenters. The highest BCUT2D eigenvalue weighted by atomic mass is 32.1. The Kier molecular flexibility index (Phi) is 4.55. The van der Waals surface area contributed by atoms with Gasteiger partial charge in [0.05, 0.1) is 11.5 Å². The van der Waals surface area contributed by atoms with Crippen LogP contribution >= 0.6 is 11.3 Å². The van der Waals surface area contributed by atoms with Crippen molar-refractivity contribution in [3.05, 3.63) is 27.1 Å². The van der Waals surface area contributed by atoms with E-state index < -0.39 is 16.9 Å². The van der Waals surface area contributed by atoms with Crippen molar-refractivity contribution in [3.8, 4) is 0 Å². The summed E-state index contributed by atoms with van der Waals surface area (Å²) in [5, 5.41) is 28.3. The lowest BCUT2D eigenvalue weighted by Crippen LogP contribution is -2.32. The fraction of sp³-hybridized carbons (Fsp3) is 0.444. The summed E-state index contributed by atoms with van der Waals surface area (Å²) in [6, 6.07) is 1.74. The Labute approximate surface area is 101 Å². The smallest absolute Gasteiger partial charge is 0.326 e. The van der Waals surface area contributed by atoms with Crippen LogP contribution in [-0.4, -0.2) is 46.2 Å². The SMILES string of the molecule is CN(CCO)C(C(=O)O)c1ccc([N+](=O)[O-])s1. The zero-order chi connectivity index (χ0) is 13.0. The van der Waals surface area contributed by atoms with E-state index in [4.69, 9.17) is 10.2 Å². The summed E-state index contributed by atoms with van der Waals surface area (Å²) in [6.45, 7) is 0.0103. The molecule has 1 atom stereocenters. The molecule has 0 aliphatic heterocycles. The second-order valence-electron chi connectivity index (χ2n) is 3.38. The number of hydrogen-bond acceptors (Lipinski definition) is 6. The molecule has 1 rings (SSSR count). The Bertz CT molecular complexity index is 419. The maximum atomic E-state index is 11.1. The average Bonchev–Trinajstić information content (AvgIpc) is 2.66. The van der Waals surface area contributed by atoms with Crippen molar-refractivity contribution in [2.75, 3.05) is 20.2 Å². The van der Waals surface area contributed by atoms with E-state index in [1.54, 1.807) is 7.05 Å². The van der Waals surface area contributed by atoms with Gasteiger partial charge in [-0.2, -0.15) is 0 Å². The van der Waals surface area contributed by atoms with Gasteiger partial charge in [0.2, 0.25) is 0 Å². The van der Waals surface area contributed by atoms with Crippen LogP contribution in [0.5, 0.6) is 0 Å². The Hall–Kier alpha value is -1.51. The molecule has 8 heteroatoms. The van der Waals surface area contributed by atoms with Crippen molar-refractivity contribution in [3.63, 3.8) is 0 Å². The van der Waals surface area contributed by atoms with Crippen LogP contribution in [0.3, 0.4) is 0 Å². The zero-order valence-electron chi connectivity index (χ0n) is 9.07. The van der Waals surface area contributed by atoms with Gasteiger partial charge in [-0.15, -0.1) is 0 Å².